The van der Waals surface area contributed by atoms with Crippen LogP contribution in [0.25, 0.3) is 22.9 Å². The molecule has 1 aliphatic rings. The molecular weight excluding hydrogens is 455 g/mol. The molecule has 0 radical (unpaired) electrons. The quantitative estimate of drug-likeness (QED) is 0.376. The van der Waals surface area contributed by atoms with Crippen LogP contribution in [0.3, 0.4) is 0 Å². The zero-order valence-electron chi connectivity index (χ0n) is 16.9. The average molecular weight is 470 g/mol. The fourth-order valence-corrected chi connectivity index (χ4v) is 3.38. The van der Waals surface area contributed by atoms with Crippen LogP contribution in [0.4, 0.5) is 24.8 Å². The van der Waals surface area contributed by atoms with Crippen LogP contribution >= 0.6 is 11.6 Å². The number of hydrogen-bond donors (Lipinski definition) is 1. The third-order valence-corrected chi connectivity index (χ3v) is 5.16. The Morgan fingerprint density at radius 3 is 2.52 bits per heavy atom. The third-order valence-electron chi connectivity index (χ3n) is 4.95. The van der Waals surface area contributed by atoms with Crippen molar-refractivity contribution in [2.45, 2.75) is 24.9 Å². The molecule has 1 N–H and O–H groups in total. The van der Waals surface area contributed by atoms with E-state index in [1.165, 1.54) is 6.07 Å². The fourth-order valence-electron chi connectivity index (χ4n) is 3.22. The van der Waals surface area contributed by atoms with Gasteiger partial charge < -0.3 is 5.32 Å². The van der Waals surface area contributed by atoms with E-state index in [2.05, 4.69) is 35.2 Å². The number of hydrogen-bond acceptors (Lipinski definition) is 7. The number of aromatic nitrogens is 6. The number of rotatable bonds is 5. The molecule has 4 heterocycles. The van der Waals surface area contributed by atoms with Crippen molar-refractivity contribution < 1.29 is 13.2 Å². The molecule has 11 heteroatoms. The van der Waals surface area contributed by atoms with Gasteiger partial charge >= 0.3 is 6.18 Å². The van der Waals surface area contributed by atoms with Crippen LogP contribution in [0.15, 0.2) is 55.0 Å². The number of alkyl halides is 3. The van der Waals surface area contributed by atoms with E-state index in [4.69, 9.17) is 11.6 Å². The molecule has 4 aromatic rings. The summed E-state index contributed by atoms with van der Waals surface area (Å²) < 4.78 is 39.2. The molecular formula is C22H15ClF3N7. The van der Waals surface area contributed by atoms with Gasteiger partial charge in [0.15, 0.2) is 11.6 Å². The average Bonchev–Trinajstić information content (AvgIpc) is 3.64. The Hall–Kier alpha value is -3.66. The lowest BCUT2D eigenvalue weighted by Crippen LogP contribution is -2.09. The monoisotopic (exact) mass is 469 g/mol. The van der Waals surface area contributed by atoms with E-state index in [9.17, 15) is 13.2 Å². The first-order valence-electron chi connectivity index (χ1n) is 10.00. The van der Waals surface area contributed by atoms with Crippen molar-refractivity contribution >= 4 is 23.2 Å². The van der Waals surface area contributed by atoms with Gasteiger partial charge in [0.05, 0.1) is 0 Å². The fraction of sp³-hybridized carbons (Fsp3) is 0.182. The van der Waals surface area contributed by atoms with Crippen molar-refractivity contribution in [1.82, 2.24) is 29.9 Å². The van der Waals surface area contributed by atoms with Gasteiger partial charge in [-0.1, -0.05) is 17.7 Å². The van der Waals surface area contributed by atoms with Gasteiger partial charge in [-0.15, -0.1) is 0 Å². The lowest BCUT2D eigenvalue weighted by Gasteiger charge is -2.11. The maximum absolute atomic E-state index is 13.1. The molecule has 1 aliphatic carbocycles. The van der Waals surface area contributed by atoms with Gasteiger partial charge in [-0.3, -0.25) is 9.97 Å². The standard InChI is InChI=1S/C22H15ClF3N7/c23-18-3-1-2-16(30-18)20-31-19(14-8-13(10-27-11-14)12-4-5-12)32-21(33-20)29-15-6-7-28-17(9-15)22(24,25)26/h1-3,6-12H,4-5H2,(H,28,29,31,32,33). The van der Waals surface area contributed by atoms with Gasteiger partial charge in [-0.25, -0.2) is 9.97 Å². The first-order valence-corrected chi connectivity index (χ1v) is 10.4. The Morgan fingerprint density at radius 1 is 0.939 bits per heavy atom. The molecule has 0 aromatic carbocycles. The predicted octanol–water partition coefficient (Wildman–Crippen LogP) is 5.68. The van der Waals surface area contributed by atoms with Crippen LogP contribution in [-0.4, -0.2) is 29.9 Å². The van der Waals surface area contributed by atoms with Crippen molar-refractivity contribution in [1.29, 1.82) is 0 Å². The molecule has 166 valence electrons. The van der Waals surface area contributed by atoms with E-state index < -0.39 is 11.9 Å². The second kappa shape index (κ2) is 8.36. The smallest absolute Gasteiger partial charge is 0.324 e. The lowest BCUT2D eigenvalue weighted by molar-refractivity contribution is -0.141. The maximum Gasteiger partial charge on any atom is 0.433 e. The molecule has 0 unspecified atom stereocenters. The van der Waals surface area contributed by atoms with E-state index in [0.717, 1.165) is 30.7 Å². The third kappa shape index (κ3) is 4.90. The van der Waals surface area contributed by atoms with Crippen LogP contribution in [-0.2, 0) is 6.18 Å². The molecule has 33 heavy (non-hydrogen) atoms. The minimum absolute atomic E-state index is 0.0490. The molecule has 4 aromatic heterocycles. The molecule has 1 saturated carbocycles. The molecule has 0 spiro atoms. The lowest BCUT2D eigenvalue weighted by atomic mass is 10.1. The van der Waals surface area contributed by atoms with Crippen molar-refractivity contribution in [3.8, 4) is 22.9 Å². The van der Waals surface area contributed by atoms with Crippen LogP contribution in [0.2, 0.25) is 5.15 Å². The summed E-state index contributed by atoms with van der Waals surface area (Å²) in [6, 6.07) is 9.25. The first kappa shape index (κ1) is 21.2. The minimum atomic E-state index is -4.58. The van der Waals surface area contributed by atoms with Gasteiger partial charge in [0.1, 0.15) is 16.5 Å². The highest BCUT2D eigenvalue weighted by Gasteiger charge is 2.32. The predicted molar refractivity (Wildman–Crippen MR) is 116 cm³/mol. The molecule has 0 atom stereocenters. The van der Waals surface area contributed by atoms with E-state index in [-0.39, 0.29) is 22.6 Å². The van der Waals surface area contributed by atoms with Gasteiger partial charge in [0.25, 0.3) is 0 Å². The Bertz CT molecular complexity index is 1330. The summed E-state index contributed by atoms with van der Waals surface area (Å²) in [5.74, 6) is 1.05. The first-order chi connectivity index (χ1) is 15.8. The van der Waals surface area contributed by atoms with E-state index >= 15 is 0 Å². The highest BCUT2D eigenvalue weighted by Crippen LogP contribution is 2.40. The van der Waals surface area contributed by atoms with Crippen LogP contribution < -0.4 is 5.32 Å². The van der Waals surface area contributed by atoms with E-state index in [1.807, 2.05) is 12.3 Å². The zero-order valence-corrected chi connectivity index (χ0v) is 17.6. The maximum atomic E-state index is 13.1. The Labute approximate surface area is 191 Å². The second-order valence-corrected chi connectivity index (χ2v) is 7.87. The number of nitrogens with one attached hydrogen (secondary N) is 1. The molecule has 5 rings (SSSR count). The van der Waals surface area contributed by atoms with E-state index in [0.29, 0.717) is 23.0 Å². The van der Waals surface area contributed by atoms with Gasteiger partial charge in [-0.05, 0) is 54.7 Å². The van der Waals surface area contributed by atoms with Crippen LogP contribution in [0.1, 0.15) is 30.0 Å². The summed E-state index contributed by atoms with van der Waals surface area (Å²) in [6.07, 6.45) is 2.15. The van der Waals surface area contributed by atoms with Gasteiger partial charge in [0, 0.05) is 29.8 Å². The van der Waals surface area contributed by atoms with Gasteiger partial charge in [0.2, 0.25) is 5.95 Å². The SMILES string of the molecule is FC(F)(F)c1cc(Nc2nc(-c3cncc(C4CC4)c3)nc(-c3cccc(Cl)n3)n2)ccn1. The summed E-state index contributed by atoms with van der Waals surface area (Å²) in [6.45, 7) is 0. The Balaban J connectivity index is 1.58. The molecule has 7 nitrogen and oxygen atoms in total. The molecule has 0 bridgehead atoms. The normalized spacial score (nSPS) is 13.7. The van der Waals surface area contributed by atoms with Crippen LogP contribution in [0, 0.1) is 0 Å². The van der Waals surface area contributed by atoms with Crippen LogP contribution in [0.5, 0.6) is 0 Å². The largest absolute Gasteiger partial charge is 0.433 e. The minimum Gasteiger partial charge on any atom is -0.324 e. The van der Waals surface area contributed by atoms with Gasteiger partial charge in [-0.2, -0.15) is 23.1 Å². The summed E-state index contributed by atoms with van der Waals surface area (Å²) in [5.41, 5.74) is 1.25. The summed E-state index contributed by atoms with van der Waals surface area (Å²) >= 11 is 6.02. The summed E-state index contributed by atoms with van der Waals surface area (Å²) in [7, 11) is 0. The highest BCUT2D eigenvalue weighted by molar-refractivity contribution is 6.29. The molecule has 0 aliphatic heterocycles. The number of halogens is 4. The van der Waals surface area contributed by atoms with Crippen molar-refractivity contribution in [3.63, 3.8) is 0 Å². The zero-order chi connectivity index (χ0) is 23.0. The summed E-state index contributed by atoms with van der Waals surface area (Å²) in [5, 5.41) is 3.07. The number of anilines is 2. The van der Waals surface area contributed by atoms with Crippen molar-refractivity contribution in [3.05, 3.63) is 71.4 Å². The molecule has 0 amide bonds. The Morgan fingerprint density at radius 2 is 1.76 bits per heavy atom. The highest BCUT2D eigenvalue weighted by atomic mass is 35.5. The molecule has 0 saturated heterocycles. The molecule has 1 fully saturated rings. The summed E-state index contributed by atoms with van der Waals surface area (Å²) in [4.78, 5) is 25.2. The topological polar surface area (TPSA) is 89.4 Å². The number of pyridine rings is 3. The van der Waals surface area contributed by atoms with E-state index in [1.54, 1.807) is 24.4 Å². The Kier molecular flexibility index (Phi) is 5.37. The van der Waals surface area contributed by atoms with Crippen molar-refractivity contribution in [2.75, 3.05) is 5.32 Å². The van der Waals surface area contributed by atoms with Crippen molar-refractivity contribution in [2.24, 2.45) is 0 Å². The number of nitrogens with zero attached hydrogens (tertiary/aromatic N) is 6. The second-order valence-electron chi connectivity index (χ2n) is 7.49.